The number of hydrogen-bond acceptors (Lipinski definition) is 3. The fourth-order valence-corrected chi connectivity index (χ4v) is 2.52. The molecule has 1 N–H and O–H groups in total. The van der Waals surface area contributed by atoms with Crippen LogP contribution < -0.4 is 5.32 Å². The first kappa shape index (κ1) is 11.4. The number of likely N-dealkylation sites (tertiary alicyclic amines) is 1. The Morgan fingerprint density at radius 2 is 2.25 bits per heavy atom. The maximum absolute atomic E-state index is 4.40. The van der Waals surface area contributed by atoms with Gasteiger partial charge in [-0.05, 0) is 44.9 Å². The lowest BCUT2D eigenvalue weighted by Gasteiger charge is -2.28. The molecule has 1 aromatic rings. The number of aromatic nitrogens is 1. The van der Waals surface area contributed by atoms with Crippen LogP contribution in [0, 0.1) is 0 Å². The Morgan fingerprint density at radius 1 is 1.44 bits per heavy atom. The third-order valence-corrected chi connectivity index (χ3v) is 3.38. The summed E-state index contributed by atoms with van der Waals surface area (Å²) in [7, 11) is 1.90. The molecule has 0 bridgehead atoms. The van der Waals surface area contributed by atoms with Crippen molar-refractivity contribution in [2.45, 2.75) is 38.8 Å². The van der Waals surface area contributed by atoms with E-state index in [0.29, 0.717) is 12.1 Å². The molecule has 0 unspecified atom stereocenters. The second-order valence-corrected chi connectivity index (χ2v) is 4.72. The van der Waals surface area contributed by atoms with Crippen LogP contribution in [0.5, 0.6) is 0 Å². The number of anilines is 1. The lowest BCUT2D eigenvalue weighted by atomic mass is 10.1. The Bertz CT molecular complexity index is 332. The quantitative estimate of drug-likeness (QED) is 0.847. The van der Waals surface area contributed by atoms with Crippen molar-refractivity contribution in [3.05, 3.63) is 23.9 Å². The zero-order valence-corrected chi connectivity index (χ0v) is 10.4. The first-order valence-electron chi connectivity index (χ1n) is 6.12. The molecule has 1 aliphatic rings. The van der Waals surface area contributed by atoms with Crippen molar-refractivity contribution >= 4 is 5.82 Å². The standard InChI is InChI=1S/C13H21N3/c1-10(2)16-8-4-5-12(16)11-6-7-13(14-3)15-9-11/h6-7,9-10,12H,4-5,8H2,1-3H3,(H,14,15)/t12-/m0/s1. The van der Waals surface area contributed by atoms with Crippen LogP contribution >= 0.6 is 0 Å². The average Bonchev–Trinajstić information content (AvgIpc) is 2.78. The molecular weight excluding hydrogens is 198 g/mol. The predicted octanol–water partition coefficient (Wildman–Crippen LogP) is 2.67. The maximum Gasteiger partial charge on any atom is 0.125 e. The maximum atomic E-state index is 4.40. The Hall–Kier alpha value is -1.09. The first-order chi connectivity index (χ1) is 7.72. The van der Waals surface area contributed by atoms with Gasteiger partial charge in [-0.15, -0.1) is 0 Å². The molecule has 2 rings (SSSR count). The minimum absolute atomic E-state index is 0.568. The van der Waals surface area contributed by atoms with E-state index < -0.39 is 0 Å². The fraction of sp³-hybridized carbons (Fsp3) is 0.615. The molecule has 0 spiro atoms. The Kier molecular flexibility index (Phi) is 3.44. The van der Waals surface area contributed by atoms with Crippen LogP contribution in [0.2, 0.25) is 0 Å². The van der Waals surface area contributed by atoms with Gasteiger partial charge in [-0.1, -0.05) is 6.07 Å². The van der Waals surface area contributed by atoms with Crippen molar-refractivity contribution in [3.8, 4) is 0 Å². The lowest BCUT2D eigenvalue weighted by Crippen LogP contribution is -2.30. The van der Waals surface area contributed by atoms with Crippen molar-refractivity contribution in [1.82, 2.24) is 9.88 Å². The average molecular weight is 219 g/mol. The highest BCUT2D eigenvalue weighted by Gasteiger charge is 2.27. The molecule has 88 valence electrons. The molecule has 1 aromatic heterocycles. The second kappa shape index (κ2) is 4.83. The van der Waals surface area contributed by atoms with Crippen molar-refractivity contribution in [2.75, 3.05) is 18.9 Å². The molecule has 16 heavy (non-hydrogen) atoms. The number of hydrogen-bond donors (Lipinski definition) is 1. The molecule has 3 heteroatoms. The summed E-state index contributed by atoms with van der Waals surface area (Å²) < 4.78 is 0. The van der Waals surface area contributed by atoms with Gasteiger partial charge in [-0.25, -0.2) is 4.98 Å². The van der Waals surface area contributed by atoms with E-state index in [2.05, 4.69) is 41.2 Å². The van der Waals surface area contributed by atoms with Gasteiger partial charge in [0.2, 0.25) is 0 Å². The minimum atomic E-state index is 0.568. The highest BCUT2D eigenvalue weighted by atomic mass is 15.2. The van der Waals surface area contributed by atoms with Gasteiger partial charge in [0.1, 0.15) is 5.82 Å². The van der Waals surface area contributed by atoms with Gasteiger partial charge in [-0.2, -0.15) is 0 Å². The zero-order valence-electron chi connectivity index (χ0n) is 10.4. The van der Waals surface area contributed by atoms with Gasteiger partial charge < -0.3 is 5.32 Å². The van der Waals surface area contributed by atoms with Gasteiger partial charge in [0.15, 0.2) is 0 Å². The smallest absolute Gasteiger partial charge is 0.125 e. The van der Waals surface area contributed by atoms with Crippen molar-refractivity contribution in [2.24, 2.45) is 0 Å². The van der Waals surface area contributed by atoms with Gasteiger partial charge in [0.25, 0.3) is 0 Å². The topological polar surface area (TPSA) is 28.2 Å². The fourth-order valence-electron chi connectivity index (χ4n) is 2.52. The van der Waals surface area contributed by atoms with Crippen LogP contribution in [0.1, 0.15) is 38.3 Å². The molecule has 0 radical (unpaired) electrons. The summed E-state index contributed by atoms with van der Waals surface area (Å²) in [6.45, 7) is 5.76. The van der Waals surface area contributed by atoms with Crippen LogP contribution in [0.25, 0.3) is 0 Å². The van der Waals surface area contributed by atoms with Crippen molar-refractivity contribution < 1.29 is 0 Å². The number of nitrogens with one attached hydrogen (secondary N) is 1. The number of pyridine rings is 1. The van der Waals surface area contributed by atoms with Crippen LogP contribution in [0.15, 0.2) is 18.3 Å². The van der Waals surface area contributed by atoms with Crippen molar-refractivity contribution in [3.63, 3.8) is 0 Å². The summed E-state index contributed by atoms with van der Waals surface area (Å²) in [4.78, 5) is 6.96. The van der Waals surface area contributed by atoms with Crippen LogP contribution in [-0.2, 0) is 0 Å². The Labute approximate surface area is 97.9 Å². The van der Waals surface area contributed by atoms with E-state index in [1.54, 1.807) is 0 Å². The van der Waals surface area contributed by atoms with Gasteiger partial charge in [-0.3, -0.25) is 4.90 Å². The molecule has 0 amide bonds. The van der Waals surface area contributed by atoms with E-state index in [1.165, 1.54) is 24.9 Å². The molecular formula is C13H21N3. The minimum Gasteiger partial charge on any atom is -0.373 e. The normalized spacial score (nSPS) is 21.6. The first-order valence-corrected chi connectivity index (χ1v) is 6.12. The molecule has 3 nitrogen and oxygen atoms in total. The van der Waals surface area contributed by atoms with Gasteiger partial charge in [0.05, 0.1) is 0 Å². The third kappa shape index (κ3) is 2.19. The number of rotatable bonds is 3. The van der Waals surface area contributed by atoms with E-state index in [4.69, 9.17) is 0 Å². The highest BCUT2D eigenvalue weighted by molar-refractivity contribution is 5.35. The molecule has 1 aliphatic heterocycles. The molecule has 0 aliphatic carbocycles. The zero-order chi connectivity index (χ0) is 11.5. The Morgan fingerprint density at radius 3 is 2.81 bits per heavy atom. The van der Waals surface area contributed by atoms with E-state index in [0.717, 1.165) is 5.82 Å². The van der Waals surface area contributed by atoms with E-state index in [-0.39, 0.29) is 0 Å². The van der Waals surface area contributed by atoms with E-state index in [1.807, 2.05) is 13.2 Å². The van der Waals surface area contributed by atoms with Gasteiger partial charge >= 0.3 is 0 Å². The van der Waals surface area contributed by atoms with Crippen LogP contribution in [0.3, 0.4) is 0 Å². The van der Waals surface area contributed by atoms with Crippen LogP contribution in [-0.4, -0.2) is 29.5 Å². The SMILES string of the molecule is CNc1ccc([C@@H]2CCCN2C(C)C)cn1. The molecule has 1 saturated heterocycles. The molecule has 0 aromatic carbocycles. The highest BCUT2D eigenvalue weighted by Crippen LogP contribution is 2.33. The predicted molar refractivity (Wildman–Crippen MR) is 67.6 cm³/mol. The van der Waals surface area contributed by atoms with E-state index >= 15 is 0 Å². The summed E-state index contributed by atoms with van der Waals surface area (Å²) >= 11 is 0. The third-order valence-electron chi connectivity index (χ3n) is 3.38. The monoisotopic (exact) mass is 219 g/mol. The molecule has 1 atom stereocenters. The molecule has 2 heterocycles. The Balaban J connectivity index is 2.16. The largest absolute Gasteiger partial charge is 0.373 e. The lowest BCUT2D eigenvalue weighted by molar-refractivity contribution is 0.205. The van der Waals surface area contributed by atoms with Crippen LogP contribution in [0.4, 0.5) is 5.82 Å². The van der Waals surface area contributed by atoms with Crippen molar-refractivity contribution in [1.29, 1.82) is 0 Å². The molecule has 1 fully saturated rings. The second-order valence-electron chi connectivity index (χ2n) is 4.72. The summed E-state index contributed by atoms with van der Waals surface area (Å²) in [5.74, 6) is 0.942. The summed E-state index contributed by atoms with van der Waals surface area (Å²) in [6, 6.07) is 5.45. The molecule has 0 saturated carbocycles. The summed E-state index contributed by atoms with van der Waals surface area (Å²) in [6.07, 6.45) is 4.58. The summed E-state index contributed by atoms with van der Waals surface area (Å²) in [5.41, 5.74) is 1.35. The van der Waals surface area contributed by atoms with E-state index in [9.17, 15) is 0 Å². The number of nitrogens with zero attached hydrogens (tertiary/aromatic N) is 2. The van der Waals surface area contributed by atoms with Gasteiger partial charge in [0, 0.05) is 25.3 Å². The summed E-state index contributed by atoms with van der Waals surface area (Å²) in [5, 5.41) is 3.05.